The first-order chi connectivity index (χ1) is 13.0. The highest BCUT2D eigenvalue weighted by Crippen LogP contribution is 2.22. The molecule has 2 aromatic carbocycles. The number of carbonyl (C=O) groups excluding carboxylic acids is 3. The van der Waals surface area contributed by atoms with Gasteiger partial charge < -0.3 is 10.4 Å². The van der Waals surface area contributed by atoms with E-state index < -0.39 is 29.4 Å². The summed E-state index contributed by atoms with van der Waals surface area (Å²) in [6.07, 6.45) is 3.49. The molecule has 27 heavy (non-hydrogen) atoms. The SMILES string of the molecule is O=C(O)/C(=C\C=C\N1C(=O)c2ccccc2C1=O)NC(=O)c1ccccc1. The Hall–Kier alpha value is -4.00. The van der Waals surface area contributed by atoms with Crippen molar-refractivity contribution >= 4 is 23.7 Å². The van der Waals surface area contributed by atoms with Gasteiger partial charge in [-0.3, -0.25) is 14.4 Å². The lowest BCUT2D eigenvalue weighted by molar-refractivity contribution is -0.133. The van der Waals surface area contributed by atoms with Crippen LogP contribution in [-0.2, 0) is 4.79 Å². The van der Waals surface area contributed by atoms with Crippen LogP contribution in [0.4, 0.5) is 0 Å². The minimum absolute atomic E-state index is 0.284. The Morgan fingerprint density at radius 3 is 2.00 bits per heavy atom. The first-order valence-corrected chi connectivity index (χ1v) is 7.94. The molecule has 7 nitrogen and oxygen atoms in total. The first-order valence-electron chi connectivity index (χ1n) is 7.94. The third kappa shape index (κ3) is 3.67. The maximum absolute atomic E-state index is 12.2. The van der Waals surface area contributed by atoms with Crippen molar-refractivity contribution in [2.75, 3.05) is 0 Å². The number of aliphatic carboxylic acids is 1. The molecule has 1 aliphatic heterocycles. The Morgan fingerprint density at radius 2 is 1.44 bits per heavy atom. The van der Waals surface area contributed by atoms with Crippen molar-refractivity contribution in [3.05, 3.63) is 95.3 Å². The average molecular weight is 362 g/mol. The van der Waals surface area contributed by atoms with Crippen LogP contribution in [0.3, 0.4) is 0 Å². The monoisotopic (exact) mass is 362 g/mol. The van der Waals surface area contributed by atoms with Crippen LogP contribution in [0.25, 0.3) is 0 Å². The number of carboxylic acid groups (broad SMARTS) is 1. The molecular weight excluding hydrogens is 348 g/mol. The van der Waals surface area contributed by atoms with E-state index in [1.165, 1.54) is 12.3 Å². The molecule has 1 heterocycles. The van der Waals surface area contributed by atoms with Crippen LogP contribution >= 0.6 is 0 Å². The van der Waals surface area contributed by atoms with E-state index in [1.54, 1.807) is 54.6 Å². The second kappa shape index (κ2) is 7.49. The fourth-order valence-electron chi connectivity index (χ4n) is 2.52. The van der Waals surface area contributed by atoms with Crippen LogP contribution in [0.1, 0.15) is 31.1 Å². The molecule has 0 aromatic heterocycles. The minimum atomic E-state index is -1.36. The van der Waals surface area contributed by atoms with Crippen LogP contribution in [0.5, 0.6) is 0 Å². The molecule has 0 spiro atoms. The first kappa shape index (κ1) is 17.8. The molecule has 0 radical (unpaired) electrons. The van der Waals surface area contributed by atoms with Gasteiger partial charge in [-0.2, -0.15) is 0 Å². The topological polar surface area (TPSA) is 104 Å². The summed E-state index contributed by atoms with van der Waals surface area (Å²) in [4.78, 5) is 48.8. The lowest BCUT2D eigenvalue weighted by Gasteiger charge is -2.07. The molecule has 134 valence electrons. The van der Waals surface area contributed by atoms with E-state index in [-0.39, 0.29) is 11.1 Å². The van der Waals surface area contributed by atoms with Crippen molar-refractivity contribution in [3.63, 3.8) is 0 Å². The van der Waals surface area contributed by atoms with Crippen molar-refractivity contribution in [1.29, 1.82) is 0 Å². The number of allylic oxidation sites excluding steroid dienone is 2. The summed E-state index contributed by atoms with van der Waals surface area (Å²) >= 11 is 0. The zero-order valence-corrected chi connectivity index (χ0v) is 14.0. The molecule has 3 amide bonds. The number of fused-ring (bicyclic) bond motifs is 1. The molecule has 1 aliphatic rings. The Labute approximate surface area is 154 Å². The summed E-state index contributed by atoms with van der Waals surface area (Å²) in [6.45, 7) is 0. The molecular formula is C20H14N2O5. The average Bonchev–Trinajstić information content (AvgIpc) is 2.92. The fourth-order valence-corrected chi connectivity index (χ4v) is 2.52. The van der Waals surface area contributed by atoms with E-state index in [4.69, 9.17) is 0 Å². The summed E-state index contributed by atoms with van der Waals surface area (Å²) < 4.78 is 0. The Kier molecular flexibility index (Phi) is 4.94. The lowest BCUT2D eigenvalue weighted by atomic mass is 10.1. The van der Waals surface area contributed by atoms with Crippen LogP contribution in [0.15, 0.2) is 78.6 Å². The highest BCUT2D eigenvalue weighted by Gasteiger charge is 2.33. The molecule has 0 saturated carbocycles. The quantitative estimate of drug-likeness (QED) is 0.482. The molecule has 0 aliphatic carbocycles. The highest BCUT2D eigenvalue weighted by atomic mass is 16.4. The minimum Gasteiger partial charge on any atom is -0.477 e. The van der Waals surface area contributed by atoms with E-state index in [1.807, 2.05) is 0 Å². The van der Waals surface area contributed by atoms with Crippen molar-refractivity contribution in [3.8, 4) is 0 Å². The number of imide groups is 1. The molecule has 0 saturated heterocycles. The largest absolute Gasteiger partial charge is 0.477 e. The Bertz CT molecular complexity index is 957. The van der Waals surface area contributed by atoms with Gasteiger partial charge in [0.15, 0.2) is 0 Å². The van der Waals surface area contributed by atoms with E-state index in [2.05, 4.69) is 5.32 Å². The summed E-state index contributed by atoms with van der Waals surface area (Å²) in [7, 11) is 0. The van der Waals surface area contributed by atoms with Gasteiger partial charge in [-0.15, -0.1) is 0 Å². The standard InChI is InChI=1S/C20H14N2O5/c23-17(13-7-2-1-3-8-13)21-16(20(26)27)11-6-12-22-18(24)14-9-4-5-10-15(14)19(22)25/h1-12H,(H,21,23)(H,26,27)/b12-6+,16-11+. The van der Waals surface area contributed by atoms with Gasteiger partial charge in [0.1, 0.15) is 5.70 Å². The van der Waals surface area contributed by atoms with E-state index >= 15 is 0 Å². The smallest absolute Gasteiger partial charge is 0.352 e. The van der Waals surface area contributed by atoms with Gasteiger partial charge >= 0.3 is 5.97 Å². The second-order valence-electron chi connectivity index (χ2n) is 5.57. The van der Waals surface area contributed by atoms with Crippen LogP contribution < -0.4 is 5.32 Å². The van der Waals surface area contributed by atoms with E-state index in [9.17, 15) is 24.3 Å². The van der Waals surface area contributed by atoms with E-state index in [0.29, 0.717) is 5.56 Å². The summed E-state index contributed by atoms with van der Waals surface area (Å²) in [6, 6.07) is 14.5. The number of amides is 3. The number of nitrogens with one attached hydrogen (secondary N) is 1. The van der Waals surface area contributed by atoms with Crippen LogP contribution in [0.2, 0.25) is 0 Å². The number of carbonyl (C=O) groups is 4. The van der Waals surface area contributed by atoms with Gasteiger partial charge in [-0.05, 0) is 36.4 Å². The molecule has 0 atom stereocenters. The van der Waals surface area contributed by atoms with Gasteiger partial charge in [0.2, 0.25) is 0 Å². The zero-order chi connectivity index (χ0) is 19.4. The maximum atomic E-state index is 12.2. The summed E-state index contributed by atoms with van der Waals surface area (Å²) in [5, 5.41) is 11.5. The van der Waals surface area contributed by atoms with Gasteiger partial charge in [-0.1, -0.05) is 30.3 Å². The van der Waals surface area contributed by atoms with Crippen molar-refractivity contribution < 1.29 is 24.3 Å². The van der Waals surface area contributed by atoms with Crippen molar-refractivity contribution in [2.24, 2.45) is 0 Å². The normalized spacial score (nSPS) is 13.8. The van der Waals surface area contributed by atoms with Crippen LogP contribution in [0, 0.1) is 0 Å². The van der Waals surface area contributed by atoms with Gasteiger partial charge in [0.25, 0.3) is 17.7 Å². The van der Waals surface area contributed by atoms with Gasteiger partial charge in [0.05, 0.1) is 11.1 Å². The zero-order valence-electron chi connectivity index (χ0n) is 14.0. The number of rotatable bonds is 5. The predicted molar refractivity (Wildman–Crippen MR) is 95.7 cm³/mol. The molecule has 7 heteroatoms. The second-order valence-corrected chi connectivity index (χ2v) is 5.57. The van der Waals surface area contributed by atoms with Gasteiger partial charge in [-0.25, -0.2) is 9.69 Å². The number of benzene rings is 2. The number of nitrogens with zero attached hydrogens (tertiary/aromatic N) is 1. The number of hydrogen-bond acceptors (Lipinski definition) is 4. The summed E-state index contributed by atoms with van der Waals surface area (Å²) in [5.41, 5.74) is 0.477. The lowest BCUT2D eigenvalue weighted by Crippen LogP contribution is -2.27. The number of carboxylic acids is 1. The molecule has 0 fully saturated rings. The third-order valence-corrected chi connectivity index (χ3v) is 3.84. The van der Waals surface area contributed by atoms with Gasteiger partial charge in [0, 0.05) is 11.8 Å². The van der Waals surface area contributed by atoms with Crippen LogP contribution in [-0.4, -0.2) is 33.7 Å². The highest BCUT2D eigenvalue weighted by molar-refractivity contribution is 6.22. The Morgan fingerprint density at radius 1 is 0.889 bits per heavy atom. The molecule has 0 unspecified atom stereocenters. The number of hydrogen-bond donors (Lipinski definition) is 2. The van der Waals surface area contributed by atoms with E-state index in [0.717, 1.165) is 11.0 Å². The fraction of sp³-hybridized carbons (Fsp3) is 0. The third-order valence-electron chi connectivity index (χ3n) is 3.84. The molecule has 0 bridgehead atoms. The molecule has 2 aromatic rings. The predicted octanol–water partition coefficient (Wildman–Crippen LogP) is 2.19. The maximum Gasteiger partial charge on any atom is 0.352 e. The van der Waals surface area contributed by atoms with Crippen molar-refractivity contribution in [1.82, 2.24) is 10.2 Å². The summed E-state index contributed by atoms with van der Waals surface area (Å²) in [5.74, 6) is -2.93. The Balaban J connectivity index is 1.76. The molecule has 2 N–H and O–H groups in total. The molecule has 3 rings (SSSR count). The van der Waals surface area contributed by atoms with Crippen molar-refractivity contribution in [2.45, 2.75) is 0 Å².